The summed E-state index contributed by atoms with van der Waals surface area (Å²) in [6.45, 7) is 9.24. The van der Waals surface area contributed by atoms with Crippen LogP contribution in [0.3, 0.4) is 0 Å². The Kier molecular flexibility index (Phi) is 8.52. The van der Waals surface area contributed by atoms with Crippen molar-refractivity contribution in [1.82, 2.24) is 5.32 Å². The Hall–Kier alpha value is -0.860. The molecule has 2 nitrogen and oxygen atoms in total. The molecule has 1 aromatic rings. The van der Waals surface area contributed by atoms with Crippen LogP contribution in [0.15, 0.2) is 24.3 Å². The van der Waals surface area contributed by atoms with E-state index in [2.05, 4.69) is 50.4 Å². The predicted molar refractivity (Wildman–Crippen MR) is 82.7 cm³/mol. The van der Waals surface area contributed by atoms with E-state index in [0.29, 0.717) is 6.04 Å². The van der Waals surface area contributed by atoms with Gasteiger partial charge in [0.05, 0.1) is 0 Å². The van der Waals surface area contributed by atoms with Gasteiger partial charge in [-0.15, -0.1) is 0 Å². The third kappa shape index (κ3) is 7.34. The van der Waals surface area contributed by atoms with Gasteiger partial charge in [0.25, 0.3) is 0 Å². The molecule has 2 heteroatoms. The van der Waals surface area contributed by atoms with Crippen LogP contribution in [0, 0.1) is 6.92 Å². The van der Waals surface area contributed by atoms with Crippen LogP contribution in [0.4, 0.5) is 0 Å². The molecule has 0 radical (unpaired) electrons. The van der Waals surface area contributed by atoms with Crippen molar-refractivity contribution >= 4 is 0 Å². The van der Waals surface area contributed by atoms with Crippen LogP contribution in [0.5, 0.6) is 0 Å². The molecule has 0 aliphatic rings. The smallest absolute Gasteiger partial charge is 0.0466 e. The third-order valence-corrected chi connectivity index (χ3v) is 3.29. The van der Waals surface area contributed by atoms with E-state index < -0.39 is 0 Å². The van der Waals surface area contributed by atoms with Crippen molar-refractivity contribution in [3.63, 3.8) is 0 Å². The summed E-state index contributed by atoms with van der Waals surface area (Å²) in [7, 11) is 0. The van der Waals surface area contributed by atoms with Crippen LogP contribution in [0.25, 0.3) is 0 Å². The second kappa shape index (κ2) is 9.99. The maximum Gasteiger partial charge on any atom is 0.0466 e. The van der Waals surface area contributed by atoms with E-state index in [4.69, 9.17) is 4.74 Å². The second-order valence-electron chi connectivity index (χ2n) is 5.18. The van der Waals surface area contributed by atoms with Crippen molar-refractivity contribution in [3.8, 4) is 0 Å². The summed E-state index contributed by atoms with van der Waals surface area (Å²) in [5.41, 5.74) is 2.78. The molecule has 0 aromatic heterocycles. The van der Waals surface area contributed by atoms with Crippen LogP contribution >= 0.6 is 0 Å². The number of ether oxygens (including phenoxy) is 1. The molecule has 1 atom stereocenters. The van der Waals surface area contributed by atoms with Gasteiger partial charge in [-0.1, -0.05) is 36.8 Å². The van der Waals surface area contributed by atoms with Gasteiger partial charge >= 0.3 is 0 Å². The molecule has 0 spiro atoms. The lowest BCUT2D eigenvalue weighted by molar-refractivity contribution is 0.140. The van der Waals surface area contributed by atoms with Gasteiger partial charge in [-0.05, 0) is 51.6 Å². The molecule has 19 heavy (non-hydrogen) atoms. The van der Waals surface area contributed by atoms with Gasteiger partial charge < -0.3 is 10.1 Å². The normalized spacial score (nSPS) is 12.6. The molecule has 0 saturated carbocycles. The van der Waals surface area contributed by atoms with E-state index in [9.17, 15) is 0 Å². The van der Waals surface area contributed by atoms with Crippen LogP contribution in [-0.4, -0.2) is 25.8 Å². The number of hydrogen-bond donors (Lipinski definition) is 1. The zero-order chi connectivity index (χ0) is 13.9. The lowest BCUT2D eigenvalue weighted by atomic mass is 10.0. The molecule has 1 aromatic carbocycles. The Morgan fingerprint density at radius 2 is 2.11 bits per heavy atom. The first kappa shape index (κ1) is 16.2. The van der Waals surface area contributed by atoms with E-state index in [1.807, 2.05) is 0 Å². The molecule has 0 aliphatic heterocycles. The highest BCUT2D eigenvalue weighted by atomic mass is 16.5. The Morgan fingerprint density at radius 1 is 1.26 bits per heavy atom. The molecule has 0 aliphatic carbocycles. The molecule has 1 rings (SSSR count). The predicted octanol–water partition coefficient (Wildman–Crippen LogP) is 3.72. The molecule has 1 N–H and O–H groups in total. The minimum atomic E-state index is 0.571. The summed E-state index contributed by atoms with van der Waals surface area (Å²) in [4.78, 5) is 0. The quantitative estimate of drug-likeness (QED) is 0.650. The minimum absolute atomic E-state index is 0.571. The standard InChI is InChI=1S/C17H29NO/c1-4-11-18-17(10-7-12-19-5-2)14-16-9-6-8-15(3)13-16/h6,8-9,13,17-18H,4-5,7,10-12,14H2,1-3H3. The third-order valence-electron chi connectivity index (χ3n) is 3.29. The molecule has 108 valence electrons. The molecule has 1 unspecified atom stereocenters. The summed E-state index contributed by atoms with van der Waals surface area (Å²) < 4.78 is 5.43. The van der Waals surface area contributed by atoms with E-state index in [0.717, 1.165) is 32.6 Å². The molecular weight excluding hydrogens is 234 g/mol. The topological polar surface area (TPSA) is 21.3 Å². The average Bonchev–Trinajstić information content (AvgIpc) is 2.40. The van der Waals surface area contributed by atoms with Crippen molar-refractivity contribution in [1.29, 1.82) is 0 Å². The number of nitrogens with one attached hydrogen (secondary N) is 1. The number of rotatable bonds is 10. The maximum absolute atomic E-state index is 5.43. The van der Waals surface area contributed by atoms with Gasteiger partial charge in [0, 0.05) is 19.3 Å². The fourth-order valence-corrected chi connectivity index (χ4v) is 2.32. The van der Waals surface area contributed by atoms with Gasteiger partial charge in [0.2, 0.25) is 0 Å². The summed E-state index contributed by atoms with van der Waals surface area (Å²) in [6.07, 6.45) is 4.64. The highest BCUT2D eigenvalue weighted by Gasteiger charge is 2.08. The summed E-state index contributed by atoms with van der Waals surface area (Å²) in [5, 5.41) is 3.66. The van der Waals surface area contributed by atoms with Gasteiger partial charge in [0.1, 0.15) is 0 Å². The number of benzene rings is 1. The van der Waals surface area contributed by atoms with Crippen LogP contribution < -0.4 is 5.32 Å². The first-order valence-corrected chi connectivity index (χ1v) is 7.63. The monoisotopic (exact) mass is 263 g/mol. The van der Waals surface area contributed by atoms with Crippen LogP contribution in [-0.2, 0) is 11.2 Å². The van der Waals surface area contributed by atoms with E-state index in [1.165, 1.54) is 24.0 Å². The summed E-state index contributed by atoms with van der Waals surface area (Å²) in [6, 6.07) is 9.41. The van der Waals surface area contributed by atoms with Crippen LogP contribution in [0.1, 0.15) is 44.2 Å². The van der Waals surface area contributed by atoms with E-state index >= 15 is 0 Å². The zero-order valence-electron chi connectivity index (χ0n) is 12.7. The van der Waals surface area contributed by atoms with Crippen molar-refractivity contribution < 1.29 is 4.74 Å². The molecular formula is C17H29NO. The highest BCUT2D eigenvalue weighted by Crippen LogP contribution is 2.10. The van der Waals surface area contributed by atoms with Gasteiger partial charge in [-0.3, -0.25) is 0 Å². The molecule has 0 amide bonds. The van der Waals surface area contributed by atoms with Gasteiger partial charge in [0.15, 0.2) is 0 Å². The first-order valence-electron chi connectivity index (χ1n) is 7.63. The van der Waals surface area contributed by atoms with E-state index in [-0.39, 0.29) is 0 Å². The fourth-order valence-electron chi connectivity index (χ4n) is 2.32. The molecule has 0 fully saturated rings. The fraction of sp³-hybridized carbons (Fsp3) is 0.647. The van der Waals surface area contributed by atoms with Crippen molar-refractivity contribution in [2.45, 2.75) is 52.5 Å². The first-order chi connectivity index (χ1) is 9.26. The van der Waals surface area contributed by atoms with Crippen molar-refractivity contribution in [3.05, 3.63) is 35.4 Å². The molecule has 0 bridgehead atoms. The van der Waals surface area contributed by atoms with Crippen molar-refractivity contribution in [2.24, 2.45) is 0 Å². The Labute approximate surface area is 118 Å². The maximum atomic E-state index is 5.43. The second-order valence-corrected chi connectivity index (χ2v) is 5.18. The SMILES string of the molecule is CCCNC(CCCOCC)Cc1cccc(C)c1. The lowest BCUT2D eigenvalue weighted by Crippen LogP contribution is -2.32. The Bertz CT molecular complexity index is 338. The molecule has 0 heterocycles. The number of hydrogen-bond acceptors (Lipinski definition) is 2. The highest BCUT2D eigenvalue weighted by molar-refractivity contribution is 5.22. The molecule has 0 saturated heterocycles. The Morgan fingerprint density at radius 3 is 2.79 bits per heavy atom. The van der Waals surface area contributed by atoms with E-state index in [1.54, 1.807) is 0 Å². The Balaban J connectivity index is 2.43. The zero-order valence-corrected chi connectivity index (χ0v) is 12.7. The van der Waals surface area contributed by atoms with Gasteiger partial charge in [-0.2, -0.15) is 0 Å². The minimum Gasteiger partial charge on any atom is -0.382 e. The lowest BCUT2D eigenvalue weighted by Gasteiger charge is -2.19. The average molecular weight is 263 g/mol. The summed E-state index contributed by atoms with van der Waals surface area (Å²) in [5.74, 6) is 0. The van der Waals surface area contributed by atoms with Crippen LogP contribution in [0.2, 0.25) is 0 Å². The van der Waals surface area contributed by atoms with Crippen molar-refractivity contribution in [2.75, 3.05) is 19.8 Å². The van der Waals surface area contributed by atoms with Gasteiger partial charge in [-0.25, -0.2) is 0 Å². The number of aryl methyl sites for hydroxylation is 1. The summed E-state index contributed by atoms with van der Waals surface area (Å²) >= 11 is 0. The largest absolute Gasteiger partial charge is 0.382 e.